The standard InChI is InChI=1S/C14H14N6S/c1-15-9-11-7-8-13(16-10-11)21-14-17-18-19-20(14)12-5-3-2-4-6-12/h2-8,10,15H,9H2,1H3. The Kier molecular flexibility index (Phi) is 4.23. The number of hydrogen-bond donors (Lipinski definition) is 1. The van der Waals surface area contributed by atoms with Crippen LogP contribution in [0.1, 0.15) is 5.56 Å². The summed E-state index contributed by atoms with van der Waals surface area (Å²) >= 11 is 1.44. The molecular weight excluding hydrogens is 284 g/mol. The number of rotatable bonds is 5. The summed E-state index contributed by atoms with van der Waals surface area (Å²) in [6.07, 6.45) is 1.86. The highest BCUT2D eigenvalue weighted by Gasteiger charge is 2.10. The number of aromatic nitrogens is 5. The lowest BCUT2D eigenvalue weighted by Gasteiger charge is -2.04. The minimum Gasteiger partial charge on any atom is -0.316 e. The average Bonchev–Trinajstić information content (AvgIpc) is 2.98. The molecule has 0 bridgehead atoms. The zero-order valence-electron chi connectivity index (χ0n) is 11.5. The van der Waals surface area contributed by atoms with Gasteiger partial charge in [0, 0.05) is 12.7 Å². The lowest BCUT2D eigenvalue weighted by Crippen LogP contribution is -2.05. The highest BCUT2D eigenvalue weighted by molar-refractivity contribution is 7.99. The second kappa shape index (κ2) is 6.47. The van der Waals surface area contributed by atoms with E-state index in [1.165, 1.54) is 11.8 Å². The predicted molar refractivity (Wildman–Crippen MR) is 80.3 cm³/mol. The van der Waals surface area contributed by atoms with Crippen molar-refractivity contribution >= 4 is 11.8 Å². The summed E-state index contributed by atoms with van der Waals surface area (Å²) in [6.45, 7) is 0.805. The van der Waals surface area contributed by atoms with Gasteiger partial charge in [0.2, 0.25) is 5.16 Å². The van der Waals surface area contributed by atoms with Crippen molar-refractivity contribution in [3.63, 3.8) is 0 Å². The van der Waals surface area contributed by atoms with Gasteiger partial charge < -0.3 is 5.32 Å². The smallest absolute Gasteiger partial charge is 0.220 e. The lowest BCUT2D eigenvalue weighted by atomic mass is 10.3. The SMILES string of the molecule is CNCc1ccc(Sc2nnnn2-c2ccccc2)nc1. The van der Waals surface area contributed by atoms with Crippen LogP contribution in [0.2, 0.25) is 0 Å². The topological polar surface area (TPSA) is 68.5 Å². The van der Waals surface area contributed by atoms with E-state index in [0.717, 1.165) is 22.8 Å². The summed E-state index contributed by atoms with van der Waals surface area (Å²) in [5.74, 6) is 0. The van der Waals surface area contributed by atoms with Gasteiger partial charge in [0.15, 0.2) is 0 Å². The molecule has 1 N–H and O–H groups in total. The van der Waals surface area contributed by atoms with Crippen molar-refractivity contribution in [2.24, 2.45) is 0 Å². The maximum absolute atomic E-state index is 4.42. The van der Waals surface area contributed by atoms with Crippen molar-refractivity contribution in [2.75, 3.05) is 7.05 Å². The van der Waals surface area contributed by atoms with E-state index >= 15 is 0 Å². The molecule has 0 fully saturated rings. The first-order valence-electron chi connectivity index (χ1n) is 6.48. The number of nitrogens with zero attached hydrogens (tertiary/aromatic N) is 5. The molecule has 0 amide bonds. The third kappa shape index (κ3) is 3.26. The Hall–Kier alpha value is -2.25. The Morgan fingerprint density at radius 3 is 2.71 bits per heavy atom. The Morgan fingerprint density at radius 1 is 1.14 bits per heavy atom. The molecule has 2 aromatic heterocycles. The monoisotopic (exact) mass is 298 g/mol. The zero-order chi connectivity index (χ0) is 14.5. The highest BCUT2D eigenvalue weighted by Crippen LogP contribution is 2.25. The number of para-hydroxylation sites is 1. The summed E-state index contributed by atoms with van der Waals surface area (Å²) < 4.78 is 1.70. The van der Waals surface area contributed by atoms with Gasteiger partial charge in [-0.2, -0.15) is 4.68 Å². The fraction of sp³-hybridized carbons (Fsp3) is 0.143. The molecule has 0 saturated heterocycles. The minimum atomic E-state index is 0.690. The van der Waals surface area contributed by atoms with Gasteiger partial charge >= 0.3 is 0 Å². The van der Waals surface area contributed by atoms with Gasteiger partial charge in [-0.3, -0.25) is 0 Å². The van der Waals surface area contributed by atoms with Gasteiger partial charge in [0.05, 0.1) is 5.69 Å². The van der Waals surface area contributed by atoms with E-state index < -0.39 is 0 Å². The maximum atomic E-state index is 4.42. The van der Waals surface area contributed by atoms with Crippen LogP contribution < -0.4 is 5.32 Å². The quantitative estimate of drug-likeness (QED) is 0.776. The molecule has 0 aliphatic heterocycles. The Bertz CT molecular complexity index is 695. The molecule has 106 valence electrons. The summed E-state index contributed by atoms with van der Waals surface area (Å²) in [4.78, 5) is 4.42. The van der Waals surface area contributed by atoms with Gasteiger partial charge in [-0.15, -0.1) is 5.10 Å². The fourth-order valence-corrected chi connectivity index (χ4v) is 2.58. The summed E-state index contributed by atoms with van der Waals surface area (Å²) in [6, 6.07) is 13.8. The van der Waals surface area contributed by atoms with Crippen LogP contribution in [0.15, 0.2) is 58.8 Å². The number of pyridine rings is 1. The molecule has 3 rings (SSSR count). The molecular formula is C14H14N6S. The molecule has 7 heteroatoms. The van der Waals surface area contributed by atoms with Crippen molar-refractivity contribution in [3.05, 3.63) is 54.2 Å². The van der Waals surface area contributed by atoms with Gasteiger partial charge in [-0.05, 0) is 53.0 Å². The molecule has 0 radical (unpaired) electrons. The Labute approximate surface area is 126 Å². The largest absolute Gasteiger partial charge is 0.316 e. The maximum Gasteiger partial charge on any atom is 0.220 e. The molecule has 6 nitrogen and oxygen atoms in total. The van der Waals surface area contributed by atoms with Gasteiger partial charge in [0.1, 0.15) is 5.03 Å². The van der Waals surface area contributed by atoms with E-state index in [1.807, 2.05) is 55.7 Å². The van der Waals surface area contributed by atoms with Crippen molar-refractivity contribution in [3.8, 4) is 5.69 Å². The van der Waals surface area contributed by atoms with E-state index in [9.17, 15) is 0 Å². The van der Waals surface area contributed by atoms with Gasteiger partial charge in [-0.25, -0.2) is 4.98 Å². The first-order chi connectivity index (χ1) is 10.4. The van der Waals surface area contributed by atoms with Crippen LogP contribution in [0.5, 0.6) is 0 Å². The normalized spacial score (nSPS) is 10.7. The molecule has 0 aliphatic rings. The van der Waals surface area contributed by atoms with Crippen molar-refractivity contribution in [1.29, 1.82) is 0 Å². The van der Waals surface area contributed by atoms with E-state index in [1.54, 1.807) is 4.68 Å². The molecule has 0 aliphatic carbocycles. The van der Waals surface area contributed by atoms with Crippen molar-refractivity contribution < 1.29 is 0 Å². The molecule has 0 saturated carbocycles. The Morgan fingerprint density at radius 2 is 2.00 bits per heavy atom. The van der Waals surface area contributed by atoms with E-state index in [-0.39, 0.29) is 0 Å². The lowest BCUT2D eigenvalue weighted by molar-refractivity contribution is 0.755. The molecule has 2 heterocycles. The molecule has 0 atom stereocenters. The summed E-state index contributed by atoms with van der Waals surface area (Å²) in [5, 5.41) is 16.5. The van der Waals surface area contributed by atoms with E-state index in [0.29, 0.717) is 5.16 Å². The van der Waals surface area contributed by atoms with Crippen LogP contribution in [0.3, 0.4) is 0 Å². The van der Waals surface area contributed by atoms with Gasteiger partial charge in [0.25, 0.3) is 0 Å². The van der Waals surface area contributed by atoms with Gasteiger partial charge in [-0.1, -0.05) is 24.3 Å². The number of tetrazole rings is 1. The van der Waals surface area contributed by atoms with Crippen LogP contribution in [0.25, 0.3) is 5.69 Å². The molecule has 3 aromatic rings. The van der Waals surface area contributed by atoms with Crippen LogP contribution in [-0.4, -0.2) is 32.2 Å². The number of hydrogen-bond acceptors (Lipinski definition) is 6. The predicted octanol–water partition coefficient (Wildman–Crippen LogP) is 1.93. The first kappa shape index (κ1) is 13.7. The fourth-order valence-electron chi connectivity index (χ4n) is 1.85. The average molecular weight is 298 g/mol. The van der Waals surface area contributed by atoms with E-state index in [4.69, 9.17) is 0 Å². The van der Waals surface area contributed by atoms with Crippen LogP contribution >= 0.6 is 11.8 Å². The molecule has 0 spiro atoms. The number of nitrogens with one attached hydrogen (secondary N) is 1. The molecule has 1 aromatic carbocycles. The molecule has 0 unspecified atom stereocenters. The van der Waals surface area contributed by atoms with Crippen LogP contribution in [-0.2, 0) is 6.54 Å². The highest BCUT2D eigenvalue weighted by atomic mass is 32.2. The number of benzene rings is 1. The summed E-state index contributed by atoms with van der Waals surface area (Å²) in [5.41, 5.74) is 2.07. The van der Waals surface area contributed by atoms with Crippen molar-refractivity contribution in [1.82, 2.24) is 30.5 Å². The minimum absolute atomic E-state index is 0.690. The second-order valence-corrected chi connectivity index (χ2v) is 5.33. The zero-order valence-corrected chi connectivity index (χ0v) is 12.3. The van der Waals surface area contributed by atoms with Crippen LogP contribution in [0, 0.1) is 0 Å². The first-order valence-corrected chi connectivity index (χ1v) is 7.29. The van der Waals surface area contributed by atoms with E-state index in [2.05, 4.69) is 25.8 Å². The Balaban J connectivity index is 1.81. The summed E-state index contributed by atoms with van der Waals surface area (Å²) in [7, 11) is 1.91. The third-order valence-electron chi connectivity index (χ3n) is 2.82. The van der Waals surface area contributed by atoms with Crippen LogP contribution in [0.4, 0.5) is 0 Å². The second-order valence-electron chi connectivity index (χ2n) is 4.35. The molecule has 21 heavy (non-hydrogen) atoms. The third-order valence-corrected chi connectivity index (χ3v) is 3.70. The van der Waals surface area contributed by atoms with Crippen molar-refractivity contribution in [2.45, 2.75) is 16.7 Å².